The van der Waals surface area contributed by atoms with Crippen LogP contribution in [0, 0.1) is 11.8 Å². The highest BCUT2D eigenvalue weighted by molar-refractivity contribution is 8.07. The lowest BCUT2D eigenvalue weighted by Gasteiger charge is -2.34. The monoisotopic (exact) mass is 404 g/mol. The molecule has 4 heteroatoms. The zero-order valence-corrected chi connectivity index (χ0v) is 18.5. The average Bonchev–Trinajstić information content (AvgIpc) is 3.67. The summed E-state index contributed by atoms with van der Waals surface area (Å²) in [5.41, 5.74) is 1.13. The fraction of sp³-hybridized carbons (Fsp3) is 0.750. The quantitative estimate of drug-likeness (QED) is 0.426. The van der Waals surface area contributed by atoms with Crippen molar-refractivity contribution in [2.75, 3.05) is 13.2 Å². The molecule has 2 heterocycles. The van der Waals surface area contributed by atoms with Crippen LogP contribution in [0.15, 0.2) is 30.3 Å². The molecule has 0 bridgehead atoms. The predicted molar refractivity (Wildman–Crippen MR) is 116 cm³/mol. The molecule has 0 radical (unpaired) electrons. The van der Waals surface area contributed by atoms with Crippen LogP contribution >= 0.6 is 11.8 Å². The Morgan fingerprint density at radius 2 is 1.57 bits per heavy atom. The van der Waals surface area contributed by atoms with E-state index in [4.69, 9.17) is 14.2 Å². The minimum Gasteiger partial charge on any atom is -0.370 e. The number of fused-ring (bicyclic) bond motifs is 2. The Kier molecular flexibility index (Phi) is 6.71. The van der Waals surface area contributed by atoms with Crippen LogP contribution in [0.3, 0.4) is 0 Å². The van der Waals surface area contributed by atoms with Gasteiger partial charge in [-0.3, -0.25) is 0 Å². The van der Waals surface area contributed by atoms with Gasteiger partial charge in [0, 0.05) is 16.1 Å². The van der Waals surface area contributed by atoms with Crippen molar-refractivity contribution in [2.24, 2.45) is 11.8 Å². The second-order valence-corrected chi connectivity index (χ2v) is 10.2. The molecule has 3 nitrogen and oxygen atoms in total. The smallest absolute Gasteiger partial charge is 0.191 e. The van der Waals surface area contributed by atoms with Crippen molar-refractivity contribution in [2.45, 2.75) is 87.8 Å². The summed E-state index contributed by atoms with van der Waals surface area (Å²) in [6.45, 7) is 7.69. The second kappa shape index (κ2) is 9.07. The third-order valence-corrected chi connectivity index (χ3v) is 8.18. The Hall–Kier alpha value is -0.550. The van der Waals surface area contributed by atoms with Crippen molar-refractivity contribution in [3.8, 4) is 0 Å². The molecule has 7 atom stereocenters. The van der Waals surface area contributed by atoms with Gasteiger partial charge in [0.25, 0.3) is 0 Å². The van der Waals surface area contributed by atoms with Gasteiger partial charge in [-0.05, 0) is 57.3 Å². The van der Waals surface area contributed by atoms with Gasteiger partial charge in [0.1, 0.15) is 0 Å². The SMILES string of the molecule is CC.CC(OCC1CCC2OC2C1)(OCC1CCC2SC2C1)c1ccccc1. The van der Waals surface area contributed by atoms with Gasteiger partial charge in [0.15, 0.2) is 5.79 Å². The molecule has 28 heavy (non-hydrogen) atoms. The van der Waals surface area contributed by atoms with Gasteiger partial charge in [-0.2, -0.15) is 11.8 Å². The van der Waals surface area contributed by atoms with Crippen LogP contribution in [0.25, 0.3) is 0 Å². The zero-order chi connectivity index (χ0) is 19.6. The van der Waals surface area contributed by atoms with E-state index in [2.05, 4.69) is 49.0 Å². The molecule has 4 fully saturated rings. The Labute approximate surface area is 174 Å². The lowest BCUT2D eigenvalue weighted by molar-refractivity contribution is -0.247. The number of epoxide rings is 1. The standard InChI is InChI=1S/C22H30O3S.C2H6/c1-22(17-5-3-2-4-6-17,23-13-15-7-9-18-19(11-15)25-18)24-14-16-8-10-20-21(12-16)26-20;1-2/h2-6,15-16,18-21H,7-14H2,1H3;1-2H3. The van der Waals surface area contributed by atoms with E-state index in [0.29, 0.717) is 24.0 Å². The molecule has 4 aliphatic rings. The van der Waals surface area contributed by atoms with Crippen LogP contribution in [-0.4, -0.2) is 35.9 Å². The van der Waals surface area contributed by atoms with Crippen LogP contribution in [-0.2, 0) is 20.0 Å². The molecule has 0 amide bonds. The first-order valence-electron chi connectivity index (χ1n) is 11.3. The molecule has 2 aliphatic carbocycles. The van der Waals surface area contributed by atoms with Crippen molar-refractivity contribution in [3.63, 3.8) is 0 Å². The van der Waals surface area contributed by atoms with E-state index in [-0.39, 0.29) is 0 Å². The van der Waals surface area contributed by atoms with Gasteiger partial charge in [0.2, 0.25) is 0 Å². The van der Waals surface area contributed by atoms with Crippen LogP contribution < -0.4 is 0 Å². The fourth-order valence-corrected chi connectivity index (χ4v) is 6.04. The van der Waals surface area contributed by atoms with Crippen molar-refractivity contribution in [1.29, 1.82) is 0 Å². The molecule has 5 rings (SSSR count). The molecule has 2 saturated carbocycles. The summed E-state index contributed by atoms with van der Waals surface area (Å²) in [5.74, 6) is 0.646. The van der Waals surface area contributed by atoms with Gasteiger partial charge in [-0.15, -0.1) is 0 Å². The lowest BCUT2D eigenvalue weighted by Crippen LogP contribution is -2.35. The molecule has 0 aromatic heterocycles. The van der Waals surface area contributed by atoms with E-state index in [9.17, 15) is 0 Å². The van der Waals surface area contributed by atoms with Gasteiger partial charge in [-0.1, -0.05) is 44.2 Å². The highest BCUT2D eigenvalue weighted by Gasteiger charge is 2.45. The summed E-state index contributed by atoms with van der Waals surface area (Å²) < 4.78 is 18.6. The largest absolute Gasteiger partial charge is 0.370 e. The molecule has 1 aromatic rings. The van der Waals surface area contributed by atoms with E-state index in [1.54, 1.807) is 0 Å². The third-order valence-electron chi connectivity index (χ3n) is 6.71. The molecule has 156 valence electrons. The summed E-state index contributed by atoms with van der Waals surface area (Å²) in [5, 5.41) is 1.87. The summed E-state index contributed by atoms with van der Waals surface area (Å²) in [6, 6.07) is 10.5. The fourth-order valence-electron chi connectivity index (χ4n) is 4.78. The maximum atomic E-state index is 6.49. The molecular weight excluding hydrogens is 368 g/mol. The van der Waals surface area contributed by atoms with E-state index in [1.165, 1.54) is 32.1 Å². The first-order valence-corrected chi connectivity index (χ1v) is 12.3. The minimum absolute atomic E-state index is 0.507. The summed E-state index contributed by atoms with van der Waals surface area (Å²) >= 11 is 2.17. The first kappa shape index (κ1) is 20.7. The van der Waals surface area contributed by atoms with Crippen LogP contribution in [0.2, 0.25) is 0 Å². The number of thioether (sulfide) groups is 1. The number of ether oxygens (including phenoxy) is 3. The lowest BCUT2D eigenvalue weighted by atomic mass is 9.89. The predicted octanol–water partition coefficient (Wildman–Crippen LogP) is 5.77. The normalized spacial score (nSPS) is 37.5. The Morgan fingerprint density at radius 3 is 2.25 bits per heavy atom. The van der Waals surface area contributed by atoms with Crippen molar-refractivity contribution in [3.05, 3.63) is 35.9 Å². The van der Waals surface area contributed by atoms with E-state index in [1.807, 2.05) is 13.8 Å². The summed E-state index contributed by atoms with van der Waals surface area (Å²) in [7, 11) is 0. The highest BCUT2D eigenvalue weighted by Crippen LogP contribution is 2.52. The number of rotatable bonds is 7. The first-order chi connectivity index (χ1) is 13.7. The Bertz CT molecular complexity index is 590. The van der Waals surface area contributed by atoms with E-state index < -0.39 is 5.79 Å². The number of hydrogen-bond donors (Lipinski definition) is 0. The molecule has 0 spiro atoms. The Morgan fingerprint density at radius 1 is 0.893 bits per heavy atom. The Balaban J connectivity index is 0.000000932. The minimum atomic E-state index is -0.643. The van der Waals surface area contributed by atoms with Gasteiger partial charge >= 0.3 is 0 Å². The van der Waals surface area contributed by atoms with Gasteiger partial charge in [-0.25, -0.2) is 0 Å². The summed E-state index contributed by atoms with van der Waals surface area (Å²) in [4.78, 5) is 0. The molecular formula is C24H36O3S. The van der Waals surface area contributed by atoms with Crippen LogP contribution in [0.1, 0.15) is 64.9 Å². The highest BCUT2D eigenvalue weighted by atomic mass is 32.2. The molecule has 0 N–H and O–H groups in total. The molecule has 2 aliphatic heterocycles. The van der Waals surface area contributed by atoms with Gasteiger partial charge in [0.05, 0.1) is 25.4 Å². The average molecular weight is 405 g/mol. The van der Waals surface area contributed by atoms with Crippen molar-refractivity contribution < 1.29 is 14.2 Å². The molecule has 1 aromatic carbocycles. The third kappa shape index (κ3) is 4.95. The summed E-state index contributed by atoms with van der Waals surface area (Å²) in [6.07, 6.45) is 8.63. The molecule has 7 unspecified atom stereocenters. The van der Waals surface area contributed by atoms with Crippen LogP contribution in [0.5, 0.6) is 0 Å². The topological polar surface area (TPSA) is 31.0 Å². The second-order valence-electron chi connectivity index (χ2n) is 8.72. The maximum Gasteiger partial charge on any atom is 0.191 e. The van der Waals surface area contributed by atoms with Gasteiger partial charge < -0.3 is 14.2 Å². The van der Waals surface area contributed by atoms with E-state index in [0.717, 1.165) is 35.7 Å². The van der Waals surface area contributed by atoms with Crippen molar-refractivity contribution in [1.82, 2.24) is 0 Å². The number of benzene rings is 1. The maximum absolute atomic E-state index is 6.49. The number of hydrogen-bond acceptors (Lipinski definition) is 4. The zero-order valence-electron chi connectivity index (χ0n) is 17.6. The van der Waals surface area contributed by atoms with Crippen molar-refractivity contribution >= 4 is 11.8 Å². The van der Waals surface area contributed by atoms with Crippen LogP contribution in [0.4, 0.5) is 0 Å². The molecule has 2 saturated heterocycles. The van der Waals surface area contributed by atoms with E-state index >= 15 is 0 Å².